The maximum absolute atomic E-state index is 12.2. The quantitative estimate of drug-likeness (QED) is 0.796. The Morgan fingerprint density at radius 3 is 2.22 bits per heavy atom. The fourth-order valence-corrected chi connectivity index (χ4v) is 3.09. The van der Waals surface area contributed by atoms with E-state index in [0.29, 0.717) is 11.3 Å². The van der Waals surface area contributed by atoms with Crippen LogP contribution in [0.3, 0.4) is 0 Å². The second kappa shape index (κ2) is 6.25. The zero-order valence-corrected chi connectivity index (χ0v) is 12.7. The highest BCUT2D eigenvalue weighted by Crippen LogP contribution is 2.34. The van der Waals surface area contributed by atoms with Gasteiger partial charge in [-0.05, 0) is 37.1 Å². The minimum absolute atomic E-state index is 0. The molecule has 0 radical (unpaired) electrons. The molecule has 2 heterocycles. The number of hydrogen-bond acceptors (Lipinski definition) is 2. The van der Waals surface area contributed by atoms with E-state index in [-0.39, 0.29) is 18.3 Å². The van der Waals surface area contributed by atoms with Gasteiger partial charge in [0.2, 0.25) is 5.91 Å². The lowest BCUT2D eigenvalue weighted by Crippen LogP contribution is -2.44. The highest BCUT2D eigenvalue weighted by Gasteiger charge is 2.33. The maximum atomic E-state index is 12.2. The first-order valence-electron chi connectivity index (χ1n) is 6.98. The average molecular weight is 275 g/mol. The fraction of sp³-hybridized carbons (Fsp3) is 0.929. The lowest BCUT2D eigenvalue weighted by Gasteiger charge is -2.39. The van der Waals surface area contributed by atoms with Crippen LogP contribution in [0.2, 0.25) is 0 Å². The molecule has 0 bridgehead atoms. The first-order valence-corrected chi connectivity index (χ1v) is 6.98. The molecule has 0 spiro atoms. The molecule has 0 aromatic heterocycles. The predicted molar refractivity (Wildman–Crippen MR) is 77.0 cm³/mol. The Balaban J connectivity index is 0.00000162. The highest BCUT2D eigenvalue weighted by atomic mass is 35.5. The van der Waals surface area contributed by atoms with E-state index >= 15 is 0 Å². The molecule has 1 atom stereocenters. The van der Waals surface area contributed by atoms with E-state index in [1.165, 1.54) is 12.8 Å². The number of nitrogens with zero attached hydrogens (tertiary/aromatic N) is 1. The Hall–Kier alpha value is -0.280. The van der Waals surface area contributed by atoms with Crippen LogP contribution < -0.4 is 5.32 Å². The summed E-state index contributed by atoms with van der Waals surface area (Å²) in [5.41, 5.74) is 0.393. The van der Waals surface area contributed by atoms with E-state index in [2.05, 4.69) is 31.0 Å². The molecular weight excluding hydrogens is 248 g/mol. The molecule has 0 aliphatic carbocycles. The standard InChI is InChI=1S/C14H26N2O.ClH/c1-14(2,3)12-5-8-16(9-6-12)13(17)11-4-7-15-10-11;/h11-12,15H,4-10H2,1-3H3;1H. The average Bonchev–Trinajstić information content (AvgIpc) is 2.80. The van der Waals surface area contributed by atoms with Gasteiger partial charge < -0.3 is 10.2 Å². The van der Waals surface area contributed by atoms with Gasteiger partial charge in [-0.1, -0.05) is 20.8 Å². The molecular formula is C14H27ClN2O. The van der Waals surface area contributed by atoms with Crippen molar-refractivity contribution in [3.63, 3.8) is 0 Å². The van der Waals surface area contributed by atoms with Crippen LogP contribution in [0.15, 0.2) is 0 Å². The lowest BCUT2D eigenvalue weighted by atomic mass is 9.75. The highest BCUT2D eigenvalue weighted by molar-refractivity contribution is 5.85. The van der Waals surface area contributed by atoms with Crippen molar-refractivity contribution < 1.29 is 4.79 Å². The monoisotopic (exact) mass is 274 g/mol. The van der Waals surface area contributed by atoms with E-state index in [1.807, 2.05) is 0 Å². The molecule has 2 saturated heterocycles. The number of halogens is 1. The summed E-state index contributed by atoms with van der Waals surface area (Å²) >= 11 is 0. The summed E-state index contributed by atoms with van der Waals surface area (Å²) in [5, 5.41) is 3.28. The van der Waals surface area contributed by atoms with Gasteiger partial charge in [-0.25, -0.2) is 0 Å². The van der Waals surface area contributed by atoms with Gasteiger partial charge in [0.05, 0.1) is 5.92 Å². The lowest BCUT2D eigenvalue weighted by molar-refractivity contribution is -0.136. The predicted octanol–water partition coefficient (Wildman–Crippen LogP) is 2.30. The van der Waals surface area contributed by atoms with E-state index in [0.717, 1.165) is 38.5 Å². The zero-order valence-electron chi connectivity index (χ0n) is 11.9. The summed E-state index contributed by atoms with van der Waals surface area (Å²) in [6, 6.07) is 0. The molecule has 106 valence electrons. The first kappa shape index (κ1) is 15.8. The maximum Gasteiger partial charge on any atom is 0.227 e. The van der Waals surface area contributed by atoms with E-state index in [4.69, 9.17) is 0 Å². The van der Waals surface area contributed by atoms with Crippen molar-refractivity contribution in [3.05, 3.63) is 0 Å². The van der Waals surface area contributed by atoms with Crippen LogP contribution in [-0.2, 0) is 4.79 Å². The summed E-state index contributed by atoms with van der Waals surface area (Å²) in [7, 11) is 0. The second-order valence-corrected chi connectivity index (χ2v) is 6.66. The summed E-state index contributed by atoms with van der Waals surface area (Å²) in [4.78, 5) is 14.3. The molecule has 18 heavy (non-hydrogen) atoms. The van der Waals surface area contributed by atoms with Crippen molar-refractivity contribution in [1.82, 2.24) is 10.2 Å². The minimum Gasteiger partial charge on any atom is -0.342 e. The molecule has 3 nitrogen and oxygen atoms in total. The Kier molecular flexibility index (Phi) is 5.47. The molecule has 2 rings (SSSR count). The molecule has 1 unspecified atom stereocenters. The van der Waals surface area contributed by atoms with Crippen molar-refractivity contribution in [2.75, 3.05) is 26.2 Å². The Labute approximate surface area is 117 Å². The van der Waals surface area contributed by atoms with Crippen LogP contribution in [0.5, 0.6) is 0 Å². The molecule has 2 aliphatic rings. The van der Waals surface area contributed by atoms with E-state index in [9.17, 15) is 4.79 Å². The van der Waals surface area contributed by atoms with Crippen LogP contribution in [-0.4, -0.2) is 37.0 Å². The fourth-order valence-electron chi connectivity index (χ4n) is 3.09. The third kappa shape index (κ3) is 3.61. The third-order valence-electron chi connectivity index (χ3n) is 4.44. The van der Waals surface area contributed by atoms with Crippen LogP contribution >= 0.6 is 12.4 Å². The molecule has 4 heteroatoms. The van der Waals surface area contributed by atoms with Crippen LogP contribution in [0, 0.1) is 17.3 Å². The van der Waals surface area contributed by atoms with Crippen molar-refractivity contribution in [1.29, 1.82) is 0 Å². The second-order valence-electron chi connectivity index (χ2n) is 6.66. The SMILES string of the molecule is CC(C)(C)C1CCN(C(=O)C2CCNC2)CC1.Cl. The van der Waals surface area contributed by atoms with Crippen molar-refractivity contribution in [2.24, 2.45) is 17.3 Å². The third-order valence-corrected chi connectivity index (χ3v) is 4.44. The zero-order chi connectivity index (χ0) is 12.5. The summed E-state index contributed by atoms with van der Waals surface area (Å²) in [6.07, 6.45) is 3.38. The van der Waals surface area contributed by atoms with Crippen molar-refractivity contribution in [3.8, 4) is 0 Å². The topological polar surface area (TPSA) is 32.3 Å². The molecule has 1 amide bonds. The molecule has 2 fully saturated rings. The number of rotatable bonds is 1. The molecule has 0 saturated carbocycles. The largest absolute Gasteiger partial charge is 0.342 e. The number of carbonyl (C=O) groups is 1. The van der Waals surface area contributed by atoms with Crippen LogP contribution in [0.1, 0.15) is 40.0 Å². The number of carbonyl (C=O) groups excluding carboxylic acids is 1. The van der Waals surface area contributed by atoms with Gasteiger partial charge in [-0.2, -0.15) is 0 Å². The molecule has 2 aliphatic heterocycles. The molecule has 1 N–H and O–H groups in total. The minimum atomic E-state index is 0. The summed E-state index contributed by atoms with van der Waals surface area (Å²) in [6.45, 7) is 10.8. The van der Waals surface area contributed by atoms with Crippen LogP contribution in [0.25, 0.3) is 0 Å². The van der Waals surface area contributed by atoms with Crippen molar-refractivity contribution in [2.45, 2.75) is 40.0 Å². The van der Waals surface area contributed by atoms with E-state index in [1.54, 1.807) is 0 Å². The van der Waals surface area contributed by atoms with Gasteiger partial charge in [0, 0.05) is 19.6 Å². The van der Waals surface area contributed by atoms with Crippen molar-refractivity contribution >= 4 is 18.3 Å². The summed E-state index contributed by atoms with van der Waals surface area (Å²) < 4.78 is 0. The number of likely N-dealkylation sites (tertiary alicyclic amines) is 1. The number of amides is 1. The smallest absolute Gasteiger partial charge is 0.227 e. The van der Waals surface area contributed by atoms with Gasteiger partial charge in [0.1, 0.15) is 0 Å². The first-order chi connectivity index (χ1) is 7.98. The normalized spacial score (nSPS) is 25.9. The van der Waals surface area contributed by atoms with Gasteiger partial charge >= 0.3 is 0 Å². The van der Waals surface area contributed by atoms with Crippen LogP contribution in [0.4, 0.5) is 0 Å². The van der Waals surface area contributed by atoms with Gasteiger partial charge in [0.25, 0.3) is 0 Å². The number of piperidine rings is 1. The van der Waals surface area contributed by atoms with Gasteiger partial charge in [-0.3, -0.25) is 4.79 Å². The molecule has 0 aromatic rings. The van der Waals surface area contributed by atoms with E-state index < -0.39 is 0 Å². The molecule has 0 aromatic carbocycles. The number of nitrogens with one attached hydrogen (secondary N) is 1. The summed E-state index contributed by atoms with van der Waals surface area (Å²) in [5.74, 6) is 1.41. The van der Waals surface area contributed by atoms with Gasteiger partial charge in [-0.15, -0.1) is 12.4 Å². The Morgan fingerprint density at radius 1 is 1.17 bits per heavy atom. The number of hydrogen-bond donors (Lipinski definition) is 1. The van der Waals surface area contributed by atoms with Gasteiger partial charge in [0.15, 0.2) is 0 Å². The Morgan fingerprint density at radius 2 is 1.78 bits per heavy atom. The Bertz CT molecular complexity index is 274.